The molecular weight excluding hydrogens is 278 g/mol. The Hall–Kier alpha value is -2.96. The molecule has 2 aromatic rings. The van der Waals surface area contributed by atoms with Crippen LogP contribution in [0.4, 0.5) is 0 Å². The van der Waals surface area contributed by atoms with Gasteiger partial charge in [0.05, 0.1) is 0 Å². The number of imide groups is 1. The average molecular weight is 287 g/mol. The topological polar surface area (TPSA) is 93.9 Å². The number of carbonyl (C=O) groups is 3. The first-order valence-electron chi connectivity index (χ1n) is 6.17. The lowest BCUT2D eigenvalue weighted by Crippen LogP contribution is -2.33. The van der Waals surface area contributed by atoms with E-state index in [1.54, 1.807) is 24.3 Å². The molecule has 0 aliphatic carbocycles. The van der Waals surface area contributed by atoms with Crippen LogP contribution < -0.4 is 5.63 Å². The molecule has 2 amide bonds. The molecule has 7 heteroatoms. The highest BCUT2D eigenvalue weighted by Crippen LogP contribution is 2.16. The third kappa shape index (κ3) is 2.29. The fourth-order valence-corrected chi connectivity index (χ4v) is 1.99. The molecule has 3 rings (SSSR count). The summed E-state index contributed by atoms with van der Waals surface area (Å²) in [6, 6.07) is 7.94. The maximum atomic E-state index is 11.9. The highest BCUT2D eigenvalue weighted by molar-refractivity contribution is 6.03. The molecule has 2 heterocycles. The first-order valence-corrected chi connectivity index (χ1v) is 6.17. The van der Waals surface area contributed by atoms with Crippen LogP contribution in [0.5, 0.6) is 0 Å². The normalized spacial score (nSPS) is 14.8. The Balaban J connectivity index is 1.94. The van der Waals surface area contributed by atoms with Gasteiger partial charge in [-0.05, 0) is 12.1 Å². The summed E-state index contributed by atoms with van der Waals surface area (Å²) in [5, 5.41) is 0.917. The Morgan fingerprint density at radius 3 is 2.48 bits per heavy atom. The Morgan fingerprint density at radius 2 is 1.76 bits per heavy atom. The quantitative estimate of drug-likeness (QED) is 0.604. The zero-order chi connectivity index (χ0) is 15.0. The van der Waals surface area contributed by atoms with E-state index in [-0.39, 0.29) is 18.4 Å². The predicted octanol–water partition coefficient (Wildman–Crippen LogP) is 1.01. The largest absolute Gasteiger partial charge is 0.422 e. The van der Waals surface area contributed by atoms with Crippen LogP contribution in [0.25, 0.3) is 11.0 Å². The van der Waals surface area contributed by atoms with Gasteiger partial charge in [0.25, 0.3) is 11.8 Å². The Bertz CT molecular complexity index is 806. The molecule has 21 heavy (non-hydrogen) atoms. The molecule has 1 aromatic carbocycles. The lowest BCUT2D eigenvalue weighted by molar-refractivity contribution is -0.172. The summed E-state index contributed by atoms with van der Waals surface area (Å²) in [4.78, 5) is 51.1. The molecule has 106 valence electrons. The average Bonchev–Trinajstić information content (AvgIpc) is 2.78. The van der Waals surface area contributed by atoms with E-state index >= 15 is 0 Å². The first-order chi connectivity index (χ1) is 10.1. The van der Waals surface area contributed by atoms with E-state index in [4.69, 9.17) is 4.42 Å². The molecule has 1 fully saturated rings. The van der Waals surface area contributed by atoms with Gasteiger partial charge in [-0.15, -0.1) is 5.06 Å². The number of hydroxylamine groups is 2. The Morgan fingerprint density at radius 1 is 1.10 bits per heavy atom. The van der Waals surface area contributed by atoms with Crippen molar-refractivity contribution in [3.05, 3.63) is 46.3 Å². The van der Waals surface area contributed by atoms with Crippen molar-refractivity contribution in [2.45, 2.75) is 12.8 Å². The zero-order valence-corrected chi connectivity index (χ0v) is 10.7. The van der Waals surface area contributed by atoms with Gasteiger partial charge in [-0.25, -0.2) is 9.59 Å². The van der Waals surface area contributed by atoms with Crippen molar-refractivity contribution in [3.63, 3.8) is 0 Å². The minimum atomic E-state index is -1.10. The molecule has 0 spiro atoms. The number of para-hydroxylation sites is 1. The van der Waals surface area contributed by atoms with E-state index in [0.29, 0.717) is 16.0 Å². The molecule has 0 atom stereocenters. The van der Waals surface area contributed by atoms with E-state index in [1.165, 1.54) is 6.07 Å². The molecule has 1 saturated heterocycles. The second-order valence-corrected chi connectivity index (χ2v) is 4.45. The SMILES string of the molecule is O=C(ON1C(=O)CCC1=O)c1cc2ccccc2oc1=O. The maximum Gasteiger partial charge on any atom is 0.371 e. The Kier molecular flexibility index (Phi) is 3.02. The number of nitrogens with zero attached hydrogens (tertiary/aromatic N) is 1. The van der Waals surface area contributed by atoms with E-state index in [1.807, 2.05) is 0 Å². The highest BCUT2D eigenvalue weighted by Gasteiger charge is 2.33. The predicted molar refractivity (Wildman–Crippen MR) is 69.0 cm³/mol. The number of amides is 2. The van der Waals surface area contributed by atoms with Crippen LogP contribution in [0.1, 0.15) is 23.2 Å². The van der Waals surface area contributed by atoms with Crippen molar-refractivity contribution in [2.24, 2.45) is 0 Å². The van der Waals surface area contributed by atoms with Crippen molar-refractivity contribution in [1.82, 2.24) is 5.06 Å². The molecule has 0 N–H and O–H groups in total. The molecule has 7 nitrogen and oxygen atoms in total. The van der Waals surface area contributed by atoms with Crippen molar-refractivity contribution in [1.29, 1.82) is 0 Å². The van der Waals surface area contributed by atoms with Crippen molar-refractivity contribution in [2.75, 3.05) is 0 Å². The van der Waals surface area contributed by atoms with Gasteiger partial charge in [-0.1, -0.05) is 18.2 Å². The number of benzene rings is 1. The van der Waals surface area contributed by atoms with Gasteiger partial charge >= 0.3 is 11.6 Å². The van der Waals surface area contributed by atoms with Gasteiger partial charge in [-0.3, -0.25) is 9.59 Å². The molecule has 0 unspecified atom stereocenters. The highest BCUT2D eigenvalue weighted by atomic mass is 16.7. The van der Waals surface area contributed by atoms with E-state index in [9.17, 15) is 19.2 Å². The van der Waals surface area contributed by atoms with Gasteiger partial charge in [0.1, 0.15) is 11.1 Å². The minimum absolute atomic E-state index is 0.0154. The van der Waals surface area contributed by atoms with Crippen LogP contribution in [-0.4, -0.2) is 22.8 Å². The lowest BCUT2D eigenvalue weighted by Gasteiger charge is -2.11. The molecule has 1 aromatic heterocycles. The van der Waals surface area contributed by atoms with Gasteiger partial charge in [-0.2, -0.15) is 0 Å². The molecular formula is C14H9NO6. The van der Waals surface area contributed by atoms with Gasteiger partial charge in [0.15, 0.2) is 0 Å². The van der Waals surface area contributed by atoms with Gasteiger partial charge in [0, 0.05) is 18.2 Å². The number of rotatable bonds is 2. The minimum Gasteiger partial charge on any atom is -0.422 e. The van der Waals surface area contributed by atoms with Gasteiger partial charge < -0.3 is 9.25 Å². The second kappa shape index (κ2) is 4.86. The van der Waals surface area contributed by atoms with Crippen LogP contribution in [0, 0.1) is 0 Å². The number of hydrogen-bond donors (Lipinski definition) is 0. The monoisotopic (exact) mass is 287 g/mol. The van der Waals surface area contributed by atoms with Crippen molar-refractivity contribution in [3.8, 4) is 0 Å². The summed E-state index contributed by atoms with van der Waals surface area (Å²) in [5.41, 5.74) is -0.939. The van der Waals surface area contributed by atoms with E-state index < -0.39 is 23.4 Å². The standard InChI is InChI=1S/C14H9NO6/c16-11-5-6-12(17)15(11)21-14(19)9-7-8-3-1-2-4-10(8)20-13(9)18/h1-4,7H,5-6H2. The number of fused-ring (bicyclic) bond motifs is 1. The van der Waals surface area contributed by atoms with Crippen LogP contribution in [0.15, 0.2) is 39.5 Å². The van der Waals surface area contributed by atoms with E-state index in [2.05, 4.69) is 4.84 Å². The van der Waals surface area contributed by atoms with Crippen molar-refractivity contribution < 1.29 is 23.6 Å². The zero-order valence-electron chi connectivity index (χ0n) is 10.7. The fraction of sp³-hybridized carbons (Fsp3) is 0.143. The Labute approximate surface area is 117 Å². The first kappa shape index (κ1) is 13.0. The molecule has 0 saturated carbocycles. The molecule has 1 aliphatic heterocycles. The number of hydrogen-bond acceptors (Lipinski definition) is 6. The van der Waals surface area contributed by atoms with Crippen LogP contribution in [-0.2, 0) is 14.4 Å². The fourth-order valence-electron chi connectivity index (χ4n) is 1.99. The molecule has 0 radical (unpaired) electrons. The van der Waals surface area contributed by atoms with Crippen LogP contribution in [0.3, 0.4) is 0 Å². The molecule has 1 aliphatic rings. The smallest absolute Gasteiger partial charge is 0.371 e. The van der Waals surface area contributed by atoms with Crippen molar-refractivity contribution >= 4 is 28.8 Å². The summed E-state index contributed by atoms with van der Waals surface area (Å²) < 4.78 is 4.99. The lowest BCUT2D eigenvalue weighted by atomic mass is 10.2. The van der Waals surface area contributed by atoms with Gasteiger partial charge in [0.2, 0.25) is 0 Å². The van der Waals surface area contributed by atoms with Crippen LogP contribution >= 0.6 is 0 Å². The maximum absolute atomic E-state index is 11.9. The second-order valence-electron chi connectivity index (χ2n) is 4.45. The summed E-state index contributed by atoms with van der Waals surface area (Å²) in [5.74, 6) is -2.32. The van der Waals surface area contributed by atoms with E-state index in [0.717, 1.165) is 0 Å². The third-order valence-electron chi connectivity index (χ3n) is 3.04. The summed E-state index contributed by atoms with van der Waals surface area (Å²) in [7, 11) is 0. The molecule has 0 bridgehead atoms. The summed E-state index contributed by atoms with van der Waals surface area (Å²) in [6.45, 7) is 0. The third-order valence-corrected chi connectivity index (χ3v) is 3.04. The summed E-state index contributed by atoms with van der Waals surface area (Å²) >= 11 is 0. The summed E-state index contributed by atoms with van der Waals surface area (Å²) in [6.07, 6.45) is -0.0309. The number of carbonyl (C=O) groups excluding carboxylic acids is 3. The van der Waals surface area contributed by atoms with Crippen LogP contribution in [0.2, 0.25) is 0 Å².